The fourth-order valence-corrected chi connectivity index (χ4v) is 2.89. The van der Waals surface area contributed by atoms with Crippen LogP contribution in [0.2, 0.25) is 0 Å². The molecule has 0 aliphatic carbocycles. The van der Waals surface area contributed by atoms with E-state index in [0.717, 1.165) is 34.3 Å². The molecule has 3 heteroatoms. The van der Waals surface area contributed by atoms with Crippen molar-refractivity contribution in [3.63, 3.8) is 0 Å². The van der Waals surface area contributed by atoms with E-state index in [2.05, 4.69) is 0 Å². The average Bonchev–Trinajstić information content (AvgIpc) is 2.53. The van der Waals surface area contributed by atoms with Gasteiger partial charge in [0, 0.05) is 11.1 Å². The van der Waals surface area contributed by atoms with Gasteiger partial charge in [-0.3, -0.25) is 4.79 Å². The maximum atomic E-state index is 13.3. The van der Waals surface area contributed by atoms with E-state index < -0.39 is 5.60 Å². The Morgan fingerprint density at radius 3 is 2.43 bits per heavy atom. The van der Waals surface area contributed by atoms with Gasteiger partial charge in [-0.1, -0.05) is 36.4 Å². The van der Waals surface area contributed by atoms with Crippen LogP contribution in [0.25, 0.3) is 5.57 Å². The van der Waals surface area contributed by atoms with Crippen molar-refractivity contribution in [2.75, 3.05) is 0 Å². The number of allylic oxidation sites excluding steroid dienone is 1. The number of hydrogen-bond donors (Lipinski definition) is 0. The molecule has 0 bridgehead atoms. The Labute approximate surface area is 134 Å². The van der Waals surface area contributed by atoms with Gasteiger partial charge in [-0.05, 0) is 49.3 Å². The second-order valence-corrected chi connectivity index (χ2v) is 5.90. The lowest BCUT2D eigenvalue weighted by Crippen LogP contribution is -2.34. The predicted molar refractivity (Wildman–Crippen MR) is 88.8 cm³/mol. The molecule has 2 aromatic rings. The fourth-order valence-electron chi connectivity index (χ4n) is 2.89. The number of ether oxygens (including phenoxy) is 1. The van der Waals surface area contributed by atoms with Gasteiger partial charge in [-0.25, -0.2) is 4.39 Å². The van der Waals surface area contributed by atoms with Crippen LogP contribution < -0.4 is 4.74 Å². The van der Waals surface area contributed by atoms with Crippen molar-refractivity contribution in [3.8, 4) is 5.75 Å². The number of rotatable bonds is 3. The maximum Gasteiger partial charge on any atom is 0.142 e. The lowest BCUT2D eigenvalue weighted by Gasteiger charge is -2.36. The molecule has 0 fully saturated rings. The molecule has 2 aromatic carbocycles. The van der Waals surface area contributed by atoms with Crippen LogP contribution in [0.4, 0.5) is 4.39 Å². The first-order chi connectivity index (χ1) is 11.0. The lowest BCUT2D eigenvalue weighted by atomic mass is 9.82. The summed E-state index contributed by atoms with van der Waals surface area (Å²) in [5.74, 6) is 0.499. The maximum absolute atomic E-state index is 13.3. The molecule has 23 heavy (non-hydrogen) atoms. The van der Waals surface area contributed by atoms with Crippen LogP contribution in [0.15, 0.2) is 66.3 Å². The van der Waals surface area contributed by atoms with Crippen molar-refractivity contribution < 1.29 is 13.9 Å². The molecule has 0 saturated heterocycles. The Hall–Kier alpha value is -2.68. The molecule has 1 heterocycles. The van der Waals surface area contributed by atoms with E-state index in [1.54, 1.807) is 18.2 Å². The van der Waals surface area contributed by atoms with Crippen molar-refractivity contribution in [3.05, 3.63) is 83.2 Å². The Balaban J connectivity index is 2.32. The summed E-state index contributed by atoms with van der Waals surface area (Å²) in [6.45, 7) is 3.91. The normalized spacial score (nSPS) is 16.1. The summed E-state index contributed by atoms with van der Waals surface area (Å²) in [5.41, 5.74) is 3.06. The molecule has 0 unspecified atom stereocenters. The summed E-state index contributed by atoms with van der Waals surface area (Å²) < 4.78 is 19.4. The molecule has 0 atom stereocenters. The average molecular weight is 308 g/mol. The molecule has 0 aromatic heterocycles. The van der Waals surface area contributed by atoms with E-state index >= 15 is 0 Å². The lowest BCUT2D eigenvalue weighted by molar-refractivity contribution is -0.104. The van der Waals surface area contributed by atoms with Crippen LogP contribution in [0, 0.1) is 5.82 Å². The third-order valence-corrected chi connectivity index (χ3v) is 3.91. The minimum Gasteiger partial charge on any atom is -0.482 e. The van der Waals surface area contributed by atoms with Crippen molar-refractivity contribution >= 4 is 11.9 Å². The van der Waals surface area contributed by atoms with E-state index in [0.29, 0.717) is 0 Å². The third-order valence-electron chi connectivity index (χ3n) is 3.91. The smallest absolute Gasteiger partial charge is 0.142 e. The molecule has 0 radical (unpaired) electrons. The monoisotopic (exact) mass is 308 g/mol. The number of aldehydes is 1. The van der Waals surface area contributed by atoms with Gasteiger partial charge in [0.05, 0.1) is 0 Å². The van der Waals surface area contributed by atoms with Crippen molar-refractivity contribution in [2.24, 2.45) is 0 Å². The number of hydrogen-bond acceptors (Lipinski definition) is 2. The van der Waals surface area contributed by atoms with Crippen LogP contribution in [-0.2, 0) is 4.79 Å². The first kappa shape index (κ1) is 15.2. The Morgan fingerprint density at radius 1 is 1.04 bits per heavy atom. The number of benzene rings is 2. The number of carbonyl (C=O) groups is 1. The predicted octanol–water partition coefficient (Wildman–Crippen LogP) is 4.55. The van der Waals surface area contributed by atoms with Crippen LogP contribution in [0.1, 0.15) is 25.0 Å². The summed E-state index contributed by atoms with van der Waals surface area (Å²) in [5, 5.41) is 0. The first-order valence-corrected chi connectivity index (χ1v) is 7.44. The van der Waals surface area contributed by atoms with Gasteiger partial charge in [-0.2, -0.15) is 0 Å². The molecule has 3 rings (SSSR count). The Kier molecular flexibility index (Phi) is 3.87. The molecule has 0 amide bonds. The minimum atomic E-state index is -0.600. The van der Waals surface area contributed by atoms with E-state index in [-0.39, 0.29) is 5.82 Å². The second kappa shape index (κ2) is 5.84. The van der Waals surface area contributed by atoms with Crippen molar-refractivity contribution in [1.29, 1.82) is 0 Å². The largest absolute Gasteiger partial charge is 0.482 e. The summed E-state index contributed by atoms with van der Waals surface area (Å²) in [4.78, 5) is 10.8. The molecule has 0 saturated carbocycles. The molecule has 0 spiro atoms. The molecule has 116 valence electrons. The zero-order valence-corrected chi connectivity index (χ0v) is 13.0. The zero-order valence-electron chi connectivity index (χ0n) is 13.0. The number of fused-ring (bicyclic) bond motifs is 1. The number of para-hydroxylation sites is 1. The second-order valence-electron chi connectivity index (χ2n) is 5.90. The van der Waals surface area contributed by atoms with Crippen LogP contribution in [0.3, 0.4) is 0 Å². The Morgan fingerprint density at radius 2 is 1.74 bits per heavy atom. The van der Waals surface area contributed by atoms with Crippen LogP contribution >= 0.6 is 0 Å². The highest BCUT2D eigenvalue weighted by Crippen LogP contribution is 2.44. The van der Waals surface area contributed by atoms with Gasteiger partial charge < -0.3 is 4.74 Å². The van der Waals surface area contributed by atoms with Gasteiger partial charge in [0.15, 0.2) is 0 Å². The topological polar surface area (TPSA) is 26.3 Å². The molecular formula is C20H17FO2. The summed E-state index contributed by atoms with van der Waals surface area (Å²) in [6.07, 6.45) is 3.96. The molecule has 2 nitrogen and oxygen atoms in total. The molecule has 1 aliphatic rings. The third kappa shape index (κ3) is 2.82. The van der Waals surface area contributed by atoms with Crippen molar-refractivity contribution in [1.82, 2.24) is 0 Å². The van der Waals surface area contributed by atoms with E-state index in [1.807, 2.05) is 38.1 Å². The van der Waals surface area contributed by atoms with E-state index in [9.17, 15) is 9.18 Å². The Bertz CT molecular complexity index is 799. The van der Waals surface area contributed by atoms with Crippen LogP contribution in [0.5, 0.6) is 5.75 Å². The van der Waals surface area contributed by atoms with Gasteiger partial charge in [0.25, 0.3) is 0 Å². The summed E-state index contributed by atoms with van der Waals surface area (Å²) in [6, 6.07) is 14.1. The van der Waals surface area contributed by atoms with E-state index in [4.69, 9.17) is 4.74 Å². The standard InChI is InChI=1S/C20H17FO2/c1-20(2)17(7-5-13-22)19(14-9-11-15(21)12-10-14)16-6-3-4-8-18(16)23-20/h3-13H,1-2H3. The summed E-state index contributed by atoms with van der Waals surface area (Å²) in [7, 11) is 0. The zero-order chi connectivity index (χ0) is 16.4. The highest BCUT2D eigenvalue weighted by molar-refractivity contribution is 5.89. The fraction of sp³-hybridized carbons (Fsp3) is 0.150. The minimum absolute atomic E-state index is 0.279. The van der Waals surface area contributed by atoms with E-state index in [1.165, 1.54) is 18.2 Å². The number of halogens is 1. The van der Waals surface area contributed by atoms with Gasteiger partial charge in [0.2, 0.25) is 0 Å². The van der Waals surface area contributed by atoms with Crippen LogP contribution in [-0.4, -0.2) is 11.9 Å². The molecule has 0 N–H and O–H groups in total. The quantitative estimate of drug-likeness (QED) is 0.614. The SMILES string of the molecule is CC1(C)Oc2ccccc2C(c2ccc(F)cc2)=C1C=CC=O. The van der Waals surface area contributed by atoms with Gasteiger partial charge >= 0.3 is 0 Å². The van der Waals surface area contributed by atoms with Gasteiger partial charge in [-0.15, -0.1) is 0 Å². The molecule has 1 aliphatic heterocycles. The summed E-state index contributed by atoms with van der Waals surface area (Å²) >= 11 is 0. The molecular weight excluding hydrogens is 291 g/mol. The van der Waals surface area contributed by atoms with Crippen molar-refractivity contribution in [2.45, 2.75) is 19.4 Å². The van der Waals surface area contributed by atoms with Gasteiger partial charge in [0.1, 0.15) is 23.5 Å². The highest BCUT2D eigenvalue weighted by atomic mass is 19.1. The highest BCUT2D eigenvalue weighted by Gasteiger charge is 2.33. The first-order valence-electron chi connectivity index (χ1n) is 7.44. The number of carbonyl (C=O) groups excluding carboxylic acids is 1.